The van der Waals surface area contributed by atoms with Crippen LogP contribution < -0.4 is 0 Å². The first-order valence-corrected chi connectivity index (χ1v) is 34.7. The Morgan fingerprint density at radius 1 is 0.253 bits per heavy atom. The summed E-state index contributed by atoms with van der Waals surface area (Å²) in [5, 5.41) is 0. The van der Waals surface area contributed by atoms with Gasteiger partial charge in [0.05, 0.1) is 0 Å². The second kappa shape index (κ2) is 70.0. The third-order valence-electron chi connectivity index (χ3n) is 14.6. The van der Waals surface area contributed by atoms with Gasteiger partial charge in [-0.05, 0) is 141 Å². The van der Waals surface area contributed by atoms with Crippen molar-refractivity contribution < 1.29 is 28.6 Å². The van der Waals surface area contributed by atoms with Crippen molar-refractivity contribution in [3.05, 3.63) is 134 Å². The Bertz CT molecular complexity index is 1750. The van der Waals surface area contributed by atoms with Crippen molar-refractivity contribution in [3.63, 3.8) is 0 Å². The molecule has 0 aromatic rings. The quantitative estimate of drug-likeness (QED) is 0.0261. The van der Waals surface area contributed by atoms with Crippen LogP contribution in [0.25, 0.3) is 0 Å². The zero-order valence-electron chi connectivity index (χ0n) is 54.2. The van der Waals surface area contributed by atoms with Crippen molar-refractivity contribution in [1.29, 1.82) is 0 Å². The number of carbonyl (C=O) groups excluding carboxylic acids is 3. The highest BCUT2D eigenvalue weighted by Gasteiger charge is 2.19. The van der Waals surface area contributed by atoms with Crippen molar-refractivity contribution in [2.24, 2.45) is 0 Å². The molecule has 0 saturated heterocycles. The van der Waals surface area contributed by atoms with E-state index in [1.165, 1.54) is 135 Å². The number of esters is 3. The van der Waals surface area contributed by atoms with E-state index in [1.54, 1.807) is 0 Å². The highest BCUT2D eigenvalue weighted by molar-refractivity contribution is 5.71. The monoisotopic (exact) mass is 1150 g/mol. The Kier molecular flexibility index (Phi) is 66.3. The molecule has 0 spiro atoms. The first kappa shape index (κ1) is 78.5. The molecule has 6 nitrogen and oxygen atoms in total. The van der Waals surface area contributed by atoms with E-state index in [2.05, 4.69) is 154 Å². The second-order valence-electron chi connectivity index (χ2n) is 22.7. The second-order valence-corrected chi connectivity index (χ2v) is 22.7. The summed E-state index contributed by atoms with van der Waals surface area (Å²) in [5.74, 6) is -0.933. The van der Waals surface area contributed by atoms with E-state index in [-0.39, 0.29) is 31.1 Å². The van der Waals surface area contributed by atoms with Crippen LogP contribution in [-0.4, -0.2) is 37.2 Å². The van der Waals surface area contributed by atoms with Gasteiger partial charge in [0, 0.05) is 19.3 Å². The molecule has 0 saturated carbocycles. The standard InChI is InChI=1S/C77H128O6/c1-4-7-10-13-16-19-22-25-28-31-34-37-38-41-43-46-49-52-55-58-61-64-67-70-76(79)82-73-74(83-77(80)71-68-65-62-59-56-53-50-47-44-40-36-33-30-27-24-21-18-15-12-9-6-3)72-81-75(78)69-66-63-60-57-54-51-48-45-42-39-35-32-29-26-23-20-17-14-11-8-5-2/h7,10,16,19,23-28,32-37,41,43-44,47,49,52,74H,4-6,8-9,11-15,17-18,20-22,29-31,38-40,42,45-46,48,50-51,53-73H2,1-3H3/b10-7-,19-16-,26-23-,27-24-,28-25-,35-32-,36-33-,37-34-,43-41-,47-44-,52-49-. The maximum atomic E-state index is 13.0. The van der Waals surface area contributed by atoms with Gasteiger partial charge in [0.15, 0.2) is 6.10 Å². The van der Waals surface area contributed by atoms with Gasteiger partial charge in [-0.2, -0.15) is 0 Å². The lowest BCUT2D eigenvalue weighted by Gasteiger charge is -2.18. The third kappa shape index (κ3) is 68.2. The Morgan fingerprint density at radius 2 is 0.470 bits per heavy atom. The number of ether oxygens (including phenoxy) is 3. The van der Waals surface area contributed by atoms with Crippen LogP contribution in [0.2, 0.25) is 0 Å². The van der Waals surface area contributed by atoms with Gasteiger partial charge in [0.25, 0.3) is 0 Å². The average Bonchev–Trinajstić information content (AvgIpc) is 3.49. The molecular weight excluding hydrogens is 1020 g/mol. The summed E-state index contributed by atoms with van der Waals surface area (Å²) in [6, 6.07) is 0. The van der Waals surface area contributed by atoms with E-state index in [0.29, 0.717) is 19.3 Å². The molecule has 0 radical (unpaired) electrons. The summed E-state index contributed by atoms with van der Waals surface area (Å²) < 4.78 is 17.0. The smallest absolute Gasteiger partial charge is 0.306 e. The summed E-state index contributed by atoms with van der Waals surface area (Å²) in [5.41, 5.74) is 0. The molecule has 1 atom stereocenters. The fourth-order valence-electron chi connectivity index (χ4n) is 9.43. The summed E-state index contributed by atoms with van der Waals surface area (Å²) in [6.07, 6.45) is 98.8. The number of allylic oxidation sites excluding steroid dienone is 22. The van der Waals surface area contributed by atoms with E-state index >= 15 is 0 Å². The van der Waals surface area contributed by atoms with Crippen LogP contribution in [0.1, 0.15) is 316 Å². The highest BCUT2D eigenvalue weighted by atomic mass is 16.6. The van der Waals surface area contributed by atoms with E-state index in [9.17, 15) is 14.4 Å². The summed E-state index contributed by atoms with van der Waals surface area (Å²) >= 11 is 0. The van der Waals surface area contributed by atoms with E-state index < -0.39 is 6.10 Å². The van der Waals surface area contributed by atoms with Gasteiger partial charge in [-0.25, -0.2) is 0 Å². The molecule has 0 rings (SSSR count). The lowest BCUT2D eigenvalue weighted by atomic mass is 10.1. The molecule has 0 amide bonds. The average molecular weight is 1150 g/mol. The number of carbonyl (C=O) groups is 3. The molecule has 1 unspecified atom stereocenters. The summed E-state index contributed by atoms with van der Waals surface area (Å²) in [4.78, 5) is 38.5. The lowest BCUT2D eigenvalue weighted by Crippen LogP contribution is -2.30. The van der Waals surface area contributed by atoms with Crippen molar-refractivity contribution in [2.75, 3.05) is 13.2 Å². The largest absolute Gasteiger partial charge is 0.462 e. The first-order chi connectivity index (χ1) is 41.0. The molecule has 0 bridgehead atoms. The molecule has 83 heavy (non-hydrogen) atoms. The van der Waals surface area contributed by atoms with Gasteiger partial charge in [-0.1, -0.05) is 289 Å². The maximum Gasteiger partial charge on any atom is 0.306 e. The van der Waals surface area contributed by atoms with Crippen molar-refractivity contribution in [1.82, 2.24) is 0 Å². The topological polar surface area (TPSA) is 78.9 Å². The maximum absolute atomic E-state index is 13.0. The van der Waals surface area contributed by atoms with Gasteiger partial charge in [-0.15, -0.1) is 0 Å². The summed E-state index contributed by atoms with van der Waals surface area (Å²) in [6.45, 7) is 6.49. The van der Waals surface area contributed by atoms with E-state index in [0.717, 1.165) is 141 Å². The fraction of sp³-hybridized carbons (Fsp3) is 0.675. The highest BCUT2D eigenvalue weighted by Crippen LogP contribution is 2.15. The van der Waals surface area contributed by atoms with Crippen molar-refractivity contribution in [3.8, 4) is 0 Å². The molecule has 0 aromatic carbocycles. The molecule has 472 valence electrons. The van der Waals surface area contributed by atoms with Gasteiger partial charge in [0.2, 0.25) is 0 Å². The molecule has 0 fully saturated rings. The number of unbranched alkanes of at least 4 members (excludes halogenated alkanes) is 29. The van der Waals surface area contributed by atoms with Crippen LogP contribution in [0.15, 0.2) is 134 Å². The molecule has 0 aliphatic rings. The van der Waals surface area contributed by atoms with Gasteiger partial charge in [0.1, 0.15) is 13.2 Å². The molecular formula is C77H128O6. The normalized spacial score (nSPS) is 13.0. The third-order valence-corrected chi connectivity index (χ3v) is 14.6. The number of hydrogen-bond donors (Lipinski definition) is 0. The fourth-order valence-corrected chi connectivity index (χ4v) is 9.43. The zero-order valence-corrected chi connectivity index (χ0v) is 54.2. The summed E-state index contributed by atoms with van der Waals surface area (Å²) in [7, 11) is 0. The van der Waals surface area contributed by atoms with Crippen LogP contribution in [0.4, 0.5) is 0 Å². The van der Waals surface area contributed by atoms with Gasteiger partial charge < -0.3 is 14.2 Å². The molecule has 0 N–H and O–H groups in total. The van der Waals surface area contributed by atoms with Crippen LogP contribution in [0.5, 0.6) is 0 Å². The molecule has 0 heterocycles. The lowest BCUT2D eigenvalue weighted by molar-refractivity contribution is -0.167. The molecule has 6 heteroatoms. The van der Waals surface area contributed by atoms with Gasteiger partial charge >= 0.3 is 17.9 Å². The minimum Gasteiger partial charge on any atom is -0.462 e. The Hall–Kier alpha value is -4.45. The SMILES string of the molecule is CC/C=C\C/C=C\C/C=C\C/C=C\C/C=C\C/C=C\CCCCCCC(=O)OCC(COC(=O)CCCCCCCCCCC/C=C\C/C=C\CCCCCCC)OC(=O)CCCCCCCC/C=C\C/C=C\C/C=C\CCCCCCC. The van der Waals surface area contributed by atoms with Crippen molar-refractivity contribution in [2.45, 2.75) is 322 Å². The number of hydrogen-bond acceptors (Lipinski definition) is 6. The van der Waals surface area contributed by atoms with Crippen LogP contribution in [-0.2, 0) is 28.6 Å². The Morgan fingerprint density at radius 3 is 0.735 bits per heavy atom. The predicted octanol–water partition coefficient (Wildman–Crippen LogP) is 24.1. The minimum absolute atomic E-state index is 0.0973. The van der Waals surface area contributed by atoms with E-state index in [4.69, 9.17) is 14.2 Å². The Balaban J connectivity index is 4.49. The molecule has 0 aliphatic heterocycles. The zero-order chi connectivity index (χ0) is 59.9. The predicted molar refractivity (Wildman–Crippen MR) is 362 cm³/mol. The van der Waals surface area contributed by atoms with E-state index in [1.807, 2.05) is 0 Å². The first-order valence-electron chi connectivity index (χ1n) is 34.7. The Labute approximate surface area is 513 Å². The van der Waals surface area contributed by atoms with Crippen LogP contribution >= 0.6 is 0 Å². The molecule has 0 aromatic heterocycles. The number of rotatable bonds is 62. The van der Waals surface area contributed by atoms with Crippen LogP contribution in [0.3, 0.4) is 0 Å². The van der Waals surface area contributed by atoms with Crippen LogP contribution in [0, 0.1) is 0 Å². The van der Waals surface area contributed by atoms with Crippen molar-refractivity contribution >= 4 is 17.9 Å². The molecule has 0 aliphatic carbocycles. The minimum atomic E-state index is -0.806. The van der Waals surface area contributed by atoms with Gasteiger partial charge in [-0.3, -0.25) is 14.4 Å².